The fraction of sp³-hybridized carbons (Fsp3) is 0.200. The van der Waals surface area contributed by atoms with Gasteiger partial charge in [-0.3, -0.25) is 9.59 Å². The monoisotopic (exact) mass is 405 g/mol. The number of rotatable bonds is 8. The van der Waals surface area contributed by atoms with Gasteiger partial charge in [-0.2, -0.15) is 0 Å². The fourth-order valence-corrected chi connectivity index (χ4v) is 3.25. The molecule has 3 rings (SSSR count). The van der Waals surface area contributed by atoms with Crippen LogP contribution >= 0.6 is 0 Å². The Morgan fingerprint density at radius 3 is 2.10 bits per heavy atom. The van der Waals surface area contributed by atoms with Crippen molar-refractivity contribution in [2.24, 2.45) is 0 Å². The standard InChI is InChI=1S/C25H24FNO3/c1-3-23(28)18-11-15-22(16-12-18)30-17-24(29)27(2)25(19-7-5-4-6-8-19)20-9-13-21(26)14-10-20/h4-16,25H,3,17H2,1-2H3. The van der Waals surface area contributed by atoms with Crippen LogP contribution in [0.5, 0.6) is 5.75 Å². The third-order valence-corrected chi connectivity index (χ3v) is 4.94. The first-order chi connectivity index (χ1) is 14.5. The number of amides is 1. The van der Waals surface area contributed by atoms with E-state index >= 15 is 0 Å². The predicted molar refractivity (Wildman–Crippen MR) is 114 cm³/mol. The molecule has 0 saturated heterocycles. The van der Waals surface area contributed by atoms with Crippen LogP contribution in [0.15, 0.2) is 78.9 Å². The highest BCUT2D eigenvalue weighted by Gasteiger charge is 2.24. The Kier molecular flexibility index (Phi) is 6.96. The average Bonchev–Trinajstić information content (AvgIpc) is 2.79. The average molecular weight is 405 g/mol. The van der Waals surface area contributed by atoms with Gasteiger partial charge in [0.2, 0.25) is 0 Å². The summed E-state index contributed by atoms with van der Waals surface area (Å²) in [7, 11) is 1.70. The summed E-state index contributed by atoms with van der Waals surface area (Å²) in [5.74, 6) is 0.0274. The van der Waals surface area contributed by atoms with Crippen molar-refractivity contribution in [1.29, 1.82) is 0 Å². The molecule has 0 saturated carbocycles. The van der Waals surface area contributed by atoms with E-state index in [0.29, 0.717) is 17.7 Å². The van der Waals surface area contributed by atoms with E-state index in [1.807, 2.05) is 37.3 Å². The molecule has 154 valence electrons. The Hall–Kier alpha value is -3.47. The number of carbonyl (C=O) groups is 2. The minimum atomic E-state index is -0.368. The van der Waals surface area contributed by atoms with Gasteiger partial charge in [-0.15, -0.1) is 0 Å². The van der Waals surface area contributed by atoms with E-state index in [1.165, 1.54) is 12.1 Å². The molecule has 3 aromatic rings. The zero-order chi connectivity index (χ0) is 21.5. The van der Waals surface area contributed by atoms with E-state index in [2.05, 4.69) is 0 Å². The summed E-state index contributed by atoms with van der Waals surface area (Å²) in [4.78, 5) is 26.2. The highest BCUT2D eigenvalue weighted by Crippen LogP contribution is 2.28. The van der Waals surface area contributed by atoms with Crippen LogP contribution in [-0.4, -0.2) is 30.2 Å². The lowest BCUT2D eigenvalue weighted by Gasteiger charge is -2.29. The summed E-state index contributed by atoms with van der Waals surface area (Å²) in [5.41, 5.74) is 2.34. The topological polar surface area (TPSA) is 46.6 Å². The first-order valence-corrected chi connectivity index (χ1v) is 9.81. The number of ketones is 1. The van der Waals surface area contributed by atoms with Crippen molar-refractivity contribution in [2.45, 2.75) is 19.4 Å². The Balaban J connectivity index is 1.74. The van der Waals surface area contributed by atoms with Gasteiger partial charge in [0.1, 0.15) is 11.6 Å². The van der Waals surface area contributed by atoms with Crippen molar-refractivity contribution in [3.8, 4) is 5.75 Å². The van der Waals surface area contributed by atoms with Crippen molar-refractivity contribution < 1.29 is 18.7 Å². The van der Waals surface area contributed by atoms with Gasteiger partial charge in [0.25, 0.3) is 5.91 Å². The number of nitrogens with zero attached hydrogens (tertiary/aromatic N) is 1. The molecule has 0 aliphatic carbocycles. The molecule has 0 fully saturated rings. The van der Waals surface area contributed by atoms with Crippen LogP contribution in [0.2, 0.25) is 0 Å². The van der Waals surface area contributed by atoms with Gasteiger partial charge in [0.15, 0.2) is 12.4 Å². The normalized spacial score (nSPS) is 11.6. The Morgan fingerprint density at radius 2 is 1.50 bits per heavy atom. The minimum absolute atomic E-state index is 0.0577. The van der Waals surface area contributed by atoms with Gasteiger partial charge < -0.3 is 9.64 Å². The number of carbonyl (C=O) groups excluding carboxylic acids is 2. The first-order valence-electron chi connectivity index (χ1n) is 9.81. The van der Waals surface area contributed by atoms with Gasteiger partial charge in [0, 0.05) is 19.0 Å². The van der Waals surface area contributed by atoms with Crippen LogP contribution in [0.1, 0.15) is 40.9 Å². The minimum Gasteiger partial charge on any atom is -0.484 e. The third kappa shape index (κ3) is 5.11. The Labute approximate surface area is 175 Å². The second kappa shape index (κ2) is 9.83. The van der Waals surface area contributed by atoms with E-state index in [1.54, 1.807) is 48.3 Å². The molecule has 0 aliphatic heterocycles. The summed E-state index contributed by atoms with van der Waals surface area (Å²) >= 11 is 0. The molecular weight excluding hydrogens is 381 g/mol. The zero-order valence-electron chi connectivity index (χ0n) is 17.0. The largest absolute Gasteiger partial charge is 0.484 e. The molecule has 1 atom stereocenters. The third-order valence-electron chi connectivity index (χ3n) is 4.94. The number of hydrogen-bond donors (Lipinski definition) is 0. The van der Waals surface area contributed by atoms with Crippen LogP contribution in [0.3, 0.4) is 0 Å². The van der Waals surface area contributed by atoms with Crippen LogP contribution < -0.4 is 4.74 Å². The lowest BCUT2D eigenvalue weighted by Crippen LogP contribution is -2.35. The molecule has 4 nitrogen and oxygen atoms in total. The van der Waals surface area contributed by atoms with Crippen molar-refractivity contribution in [3.05, 3.63) is 101 Å². The number of Topliss-reactive ketones (excluding diaryl/α,β-unsaturated/α-hetero) is 1. The summed E-state index contributed by atoms with van der Waals surface area (Å²) < 4.78 is 19.0. The summed E-state index contributed by atoms with van der Waals surface area (Å²) in [6.45, 7) is 1.66. The van der Waals surface area contributed by atoms with E-state index in [4.69, 9.17) is 4.74 Å². The van der Waals surface area contributed by atoms with Gasteiger partial charge >= 0.3 is 0 Å². The quantitative estimate of drug-likeness (QED) is 0.493. The van der Waals surface area contributed by atoms with E-state index in [-0.39, 0.29) is 30.2 Å². The van der Waals surface area contributed by atoms with Crippen LogP contribution in [-0.2, 0) is 4.79 Å². The van der Waals surface area contributed by atoms with Gasteiger partial charge in [-0.25, -0.2) is 4.39 Å². The highest BCUT2D eigenvalue weighted by atomic mass is 19.1. The Morgan fingerprint density at radius 1 is 0.900 bits per heavy atom. The summed E-state index contributed by atoms with van der Waals surface area (Å²) in [5, 5.41) is 0. The number of ether oxygens (including phenoxy) is 1. The van der Waals surface area contributed by atoms with E-state index < -0.39 is 0 Å². The maximum Gasteiger partial charge on any atom is 0.261 e. The van der Waals surface area contributed by atoms with Gasteiger partial charge in [-0.05, 0) is 47.5 Å². The maximum atomic E-state index is 13.4. The highest BCUT2D eigenvalue weighted by molar-refractivity contribution is 5.95. The molecule has 30 heavy (non-hydrogen) atoms. The van der Waals surface area contributed by atoms with E-state index in [9.17, 15) is 14.0 Å². The molecule has 3 aromatic carbocycles. The first kappa shape index (κ1) is 21.2. The molecular formula is C25H24FNO3. The number of benzene rings is 3. The SMILES string of the molecule is CCC(=O)c1ccc(OCC(=O)N(C)C(c2ccccc2)c2ccc(F)cc2)cc1. The molecule has 0 aromatic heterocycles. The fourth-order valence-electron chi connectivity index (χ4n) is 3.25. The van der Waals surface area contributed by atoms with Gasteiger partial charge in [-0.1, -0.05) is 49.4 Å². The zero-order valence-corrected chi connectivity index (χ0v) is 17.0. The van der Waals surface area contributed by atoms with Crippen LogP contribution in [0.25, 0.3) is 0 Å². The van der Waals surface area contributed by atoms with Crippen LogP contribution in [0, 0.1) is 5.82 Å². The Bertz CT molecular complexity index is 985. The lowest BCUT2D eigenvalue weighted by atomic mass is 9.97. The molecule has 0 heterocycles. The molecule has 0 aliphatic rings. The van der Waals surface area contributed by atoms with Crippen molar-refractivity contribution in [2.75, 3.05) is 13.7 Å². The molecule has 1 amide bonds. The molecule has 0 N–H and O–H groups in total. The number of likely N-dealkylation sites (N-methyl/N-ethyl adjacent to an activating group) is 1. The van der Waals surface area contributed by atoms with Crippen molar-refractivity contribution in [1.82, 2.24) is 4.90 Å². The maximum absolute atomic E-state index is 13.4. The molecule has 0 radical (unpaired) electrons. The lowest BCUT2D eigenvalue weighted by molar-refractivity contribution is -0.133. The van der Waals surface area contributed by atoms with Crippen molar-refractivity contribution in [3.63, 3.8) is 0 Å². The van der Waals surface area contributed by atoms with Crippen LogP contribution in [0.4, 0.5) is 4.39 Å². The molecule has 1 unspecified atom stereocenters. The molecule has 0 spiro atoms. The van der Waals surface area contributed by atoms with Crippen molar-refractivity contribution >= 4 is 11.7 Å². The smallest absolute Gasteiger partial charge is 0.261 e. The molecule has 0 bridgehead atoms. The number of hydrogen-bond acceptors (Lipinski definition) is 3. The second-order valence-corrected chi connectivity index (χ2v) is 6.96. The predicted octanol–water partition coefficient (Wildman–Crippen LogP) is 5.05. The van der Waals surface area contributed by atoms with Gasteiger partial charge in [0.05, 0.1) is 6.04 Å². The molecule has 5 heteroatoms. The summed E-state index contributed by atoms with van der Waals surface area (Å²) in [6.07, 6.45) is 0.438. The second-order valence-electron chi connectivity index (χ2n) is 6.96. The van der Waals surface area contributed by atoms with E-state index in [0.717, 1.165) is 11.1 Å². The summed E-state index contributed by atoms with van der Waals surface area (Å²) in [6, 6.07) is 22.1. The number of halogens is 1.